The Hall–Kier alpha value is -1.84. The van der Waals surface area contributed by atoms with Crippen LogP contribution in [-0.4, -0.2) is 24.8 Å². The summed E-state index contributed by atoms with van der Waals surface area (Å²) in [6, 6.07) is 5.85. The van der Waals surface area contributed by atoms with Crippen LogP contribution in [0.25, 0.3) is 0 Å². The third-order valence-corrected chi connectivity index (χ3v) is 3.81. The molecule has 0 spiro atoms. The Bertz CT molecular complexity index is 534. The summed E-state index contributed by atoms with van der Waals surface area (Å²) in [4.78, 5) is 24.2. The highest BCUT2D eigenvalue weighted by Gasteiger charge is 2.33. The van der Waals surface area contributed by atoms with Crippen LogP contribution in [0.4, 0.5) is 0 Å². The van der Waals surface area contributed by atoms with E-state index in [1.54, 1.807) is 13.2 Å². The molecular formula is C15H17NO3. The highest BCUT2D eigenvalue weighted by molar-refractivity contribution is 6.02. The molecule has 0 bridgehead atoms. The van der Waals surface area contributed by atoms with Crippen molar-refractivity contribution >= 4 is 11.7 Å². The average molecular weight is 259 g/mol. The lowest BCUT2D eigenvalue weighted by atomic mass is 9.82. The second-order valence-electron chi connectivity index (χ2n) is 5.33. The number of amides is 1. The van der Waals surface area contributed by atoms with Crippen molar-refractivity contribution < 1.29 is 14.3 Å². The maximum Gasteiger partial charge on any atom is 0.224 e. The zero-order valence-electron chi connectivity index (χ0n) is 10.9. The van der Waals surface area contributed by atoms with Gasteiger partial charge < -0.3 is 10.1 Å². The minimum atomic E-state index is -0.214. The maximum atomic E-state index is 12.1. The lowest BCUT2D eigenvalue weighted by molar-refractivity contribution is -0.125. The first-order valence-corrected chi connectivity index (χ1v) is 6.68. The van der Waals surface area contributed by atoms with E-state index < -0.39 is 0 Å². The predicted molar refractivity (Wildman–Crippen MR) is 70.3 cm³/mol. The molecule has 4 nitrogen and oxygen atoms in total. The summed E-state index contributed by atoms with van der Waals surface area (Å²) in [7, 11) is 1.58. The number of fused-ring (bicyclic) bond motifs is 1. The molecule has 3 rings (SSSR count). The van der Waals surface area contributed by atoms with Gasteiger partial charge in [-0.3, -0.25) is 9.59 Å². The van der Waals surface area contributed by atoms with Crippen molar-refractivity contribution in [3.63, 3.8) is 0 Å². The molecule has 100 valence electrons. The third-order valence-electron chi connectivity index (χ3n) is 3.81. The van der Waals surface area contributed by atoms with E-state index in [2.05, 4.69) is 5.32 Å². The number of hydrogen-bond donors (Lipinski definition) is 1. The molecule has 1 amide bonds. The number of carbonyl (C=O) groups is 2. The van der Waals surface area contributed by atoms with Gasteiger partial charge in [0.2, 0.25) is 5.91 Å². The van der Waals surface area contributed by atoms with Crippen molar-refractivity contribution in [2.45, 2.75) is 31.7 Å². The normalized spacial score (nSPS) is 21.7. The number of benzene rings is 1. The average Bonchev–Trinajstić information content (AvgIpc) is 3.22. The third kappa shape index (κ3) is 2.48. The molecule has 0 saturated heterocycles. The Balaban J connectivity index is 1.79. The minimum absolute atomic E-state index is 0.0253. The van der Waals surface area contributed by atoms with E-state index in [9.17, 15) is 9.59 Å². The largest absolute Gasteiger partial charge is 0.497 e. The van der Waals surface area contributed by atoms with Gasteiger partial charge >= 0.3 is 0 Å². The van der Waals surface area contributed by atoms with Crippen LogP contribution in [0.15, 0.2) is 18.2 Å². The standard InChI is InChI=1S/C15H17NO3/c1-19-12-5-2-9-6-10(7-14(17)13(9)8-12)15(18)16-11-3-4-11/h2,5,8,10-11H,3-4,6-7H2,1H3,(H,16,18). The number of nitrogens with one attached hydrogen (secondary N) is 1. The molecule has 1 unspecified atom stereocenters. The second-order valence-corrected chi connectivity index (χ2v) is 5.33. The first kappa shape index (κ1) is 12.2. The molecule has 4 heteroatoms. The summed E-state index contributed by atoms with van der Waals surface area (Å²) >= 11 is 0. The number of ether oxygens (including phenoxy) is 1. The molecule has 19 heavy (non-hydrogen) atoms. The summed E-state index contributed by atoms with van der Waals surface area (Å²) in [6.45, 7) is 0. The number of rotatable bonds is 3. The molecule has 0 aliphatic heterocycles. The molecule has 0 heterocycles. The van der Waals surface area contributed by atoms with E-state index in [0.29, 0.717) is 30.2 Å². The van der Waals surface area contributed by atoms with E-state index in [1.165, 1.54) is 0 Å². The molecule has 2 aliphatic carbocycles. The van der Waals surface area contributed by atoms with Crippen LogP contribution in [0, 0.1) is 5.92 Å². The lowest BCUT2D eigenvalue weighted by Gasteiger charge is -2.23. The summed E-state index contributed by atoms with van der Waals surface area (Å²) in [5.74, 6) is 0.537. The van der Waals surface area contributed by atoms with Crippen molar-refractivity contribution in [3.05, 3.63) is 29.3 Å². The highest BCUT2D eigenvalue weighted by atomic mass is 16.5. The Morgan fingerprint density at radius 1 is 1.32 bits per heavy atom. The molecule has 0 radical (unpaired) electrons. The van der Waals surface area contributed by atoms with Crippen molar-refractivity contribution in [2.75, 3.05) is 7.11 Å². The quantitative estimate of drug-likeness (QED) is 0.899. The number of hydrogen-bond acceptors (Lipinski definition) is 3. The Labute approximate surface area is 112 Å². The predicted octanol–water partition coefficient (Wildman–Crippen LogP) is 1.72. The van der Waals surface area contributed by atoms with E-state index in [0.717, 1.165) is 18.4 Å². The van der Waals surface area contributed by atoms with Gasteiger partial charge in [-0.25, -0.2) is 0 Å². The first-order chi connectivity index (χ1) is 9.17. The van der Waals surface area contributed by atoms with Crippen LogP contribution in [0.1, 0.15) is 35.2 Å². The zero-order chi connectivity index (χ0) is 13.4. The maximum absolute atomic E-state index is 12.1. The van der Waals surface area contributed by atoms with Crippen molar-refractivity contribution in [1.29, 1.82) is 0 Å². The SMILES string of the molecule is COc1ccc2c(c1)C(=O)CC(C(=O)NC1CC1)C2. The molecule has 1 atom stereocenters. The summed E-state index contributed by atoms with van der Waals surface area (Å²) < 4.78 is 5.13. The van der Waals surface area contributed by atoms with Crippen LogP contribution in [-0.2, 0) is 11.2 Å². The minimum Gasteiger partial charge on any atom is -0.497 e. The van der Waals surface area contributed by atoms with Gasteiger partial charge in [-0.15, -0.1) is 0 Å². The van der Waals surface area contributed by atoms with Crippen LogP contribution in [0.3, 0.4) is 0 Å². The lowest BCUT2D eigenvalue weighted by Crippen LogP contribution is -2.36. The second kappa shape index (κ2) is 4.68. The fourth-order valence-corrected chi connectivity index (χ4v) is 2.52. The van der Waals surface area contributed by atoms with Gasteiger partial charge in [-0.05, 0) is 37.0 Å². The fraction of sp³-hybridized carbons (Fsp3) is 0.467. The number of carbonyl (C=O) groups excluding carboxylic acids is 2. The fourth-order valence-electron chi connectivity index (χ4n) is 2.52. The van der Waals surface area contributed by atoms with Gasteiger partial charge in [0.1, 0.15) is 5.75 Å². The molecular weight excluding hydrogens is 242 g/mol. The topological polar surface area (TPSA) is 55.4 Å². The van der Waals surface area contributed by atoms with Crippen molar-refractivity contribution in [2.24, 2.45) is 5.92 Å². The van der Waals surface area contributed by atoms with E-state index in [-0.39, 0.29) is 17.6 Å². The monoisotopic (exact) mass is 259 g/mol. The molecule has 1 aromatic carbocycles. The van der Waals surface area contributed by atoms with Crippen LogP contribution in [0.2, 0.25) is 0 Å². The van der Waals surface area contributed by atoms with Crippen LogP contribution < -0.4 is 10.1 Å². The van der Waals surface area contributed by atoms with Gasteiger partial charge in [0.15, 0.2) is 5.78 Å². The zero-order valence-corrected chi connectivity index (χ0v) is 10.9. The van der Waals surface area contributed by atoms with E-state index in [1.807, 2.05) is 12.1 Å². The Morgan fingerprint density at radius 3 is 2.79 bits per heavy atom. The van der Waals surface area contributed by atoms with Crippen LogP contribution in [0.5, 0.6) is 5.75 Å². The molecule has 2 aliphatic rings. The number of ketones is 1. The van der Waals surface area contributed by atoms with Crippen molar-refractivity contribution in [1.82, 2.24) is 5.32 Å². The summed E-state index contributed by atoms with van der Waals surface area (Å²) in [6.07, 6.45) is 3.09. The van der Waals surface area contributed by atoms with Gasteiger partial charge in [0.25, 0.3) is 0 Å². The molecule has 1 N–H and O–H groups in total. The smallest absolute Gasteiger partial charge is 0.224 e. The van der Waals surface area contributed by atoms with Crippen molar-refractivity contribution in [3.8, 4) is 5.75 Å². The van der Waals surface area contributed by atoms with Crippen LogP contribution >= 0.6 is 0 Å². The first-order valence-electron chi connectivity index (χ1n) is 6.68. The van der Waals surface area contributed by atoms with Gasteiger partial charge in [-0.1, -0.05) is 6.07 Å². The van der Waals surface area contributed by atoms with Gasteiger partial charge in [0.05, 0.1) is 7.11 Å². The van der Waals surface area contributed by atoms with E-state index in [4.69, 9.17) is 4.74 Å². The highest BCUT2D eigenvalue weighted by Crippen LogP contribution is 2.29. The molecule has 1 aromatic rings. The van der Waals surface area contributed by atoms with E-state index >= 15 is 0 Å². The molecule has 0 aromatic heterocycles. The molecule has 1 saturated carbocycles. The van der Waals surface area contributed by atoms with Gasteiger partial charge in [0, 0.05) is 23.9 Å². The number of methoxy groups -OCH3 is 1. The summed E-state index contributed by atoms with van der Waals surface area (Å²) in [5, 5.41) is 2.98. The Morgan fingerprint density at radius 2 is 2.11 bits per heavy atom. The van der Waals surface area contributed by atoms with Gasteiger partial charge in [-0.2, -0.15) is 0 Å². The molecule has 1 fully saturated rings. The number of Topliss-reactive ketones (excluding diaryl/α,β-unsaturated/α-hetero) is 1. The summed E-state index contributed by atoms with van der Waals surface area (Å²) in [5.41, 5.74) is 1.66. The Kier molecular flexibility index (Phi) is 3.01.